The lowest BCUT2D eigenvalue weighted by atomic mass is 9.80. The lowest BCUT2D eigenvalue weighted by Gasteiger charge is -2.28. The molecule has 2 aliphatic heterocycles. The van der Waals surface area contributed by atoms with Crippen LogP contribution in [0.2, 0.25) is 0 Å². The molecular weight excluding hydrogens is 304 g/mol. The van der Waals surface area contributed by atoms with E-state index in [1.54, 1.807) is 12.1 Å². The summed E-state index contributed by atoms with van der Waals surface area (Å²) in [4.78, 5) is 0. The Hall–Kier alpha value is -2.36. The summed E-state index contributed by atoms with van der Waals surface area (Å²) in [5.41, 5.74) is 3.14. The standard InChI is InChI=1S/C20H22O4/c1-11-20(2,3)16-7-12-6-13(10-23-18(12)9-19(16)24-11)15-5-4-14(21)8-17(15)22/h4-5,7-9,11,13,21-22H,6,10H2,1-3H3. The predicted molar refractivity (Wildman–Crippen MR) is 91.3 cm³/mol. The van der Waals surface area contributed by atoms with E-state index in [-0.39, 0.29) is 28.9 Å². The maximum atomic E-state index is 10.1. The zero-order valence-electron chi connectivity index (χ0n) is 14.2. The Kier molecular flexibility index (Phi) is 3.21. The molecule has 2 heterocycles. The highest BCUT2D eigenvalue weighted by Gasteiger charge is 2.40. The Morgan fingerprint density at radius 1 is 1.08 bits per heavy atom. The van der Waals surface area contributed by atoms with Crippen LogP contribution in [0.3, 0.4) is 0 Å². The van der Waals surface area contributed by atoms with Gasteiger partial charge in [-0.2, -0.15) is 0 Å². The molecule has 2 atom stereocenters. The summed E-state index contributed by atoms with van der Waals surface area (Å²) in [6.45, 7) is 6.99. The third-order valence-electron chi connectivity index (χ3n) is 5.54. The fourth-order valence-corrected chi connectivity index (χ4v) is 3.65. The van der Waals surface area contributed by atoms with E-state index in [4.69, 9.17) is 9.47 Å². The van der Waals surface area contributed by atoms with E-state index >= 15 is 0 Å². The lowest BCUT2D eigenvalue weighted by Crippen LogP contribution is -2.29. The SMILES string of the molecule is CC1Oc2cc3c(cc2C1(C)C)CC(c1ccc(O)cc1O)CO3. The van der Waals surface area contributed by atoms with E-state index in [1.807, 2.05) is 6.07 Å². The molecule has 0 radical (unpaired) electrons. The minimum Gasteiger partial charge on any atom is -0.508 e. The predicted octanol–water partition coefficient (Wildman–Crippen LogP) is 3.88. The molecule has 0 spiro atoms. The van der Waals surface area contributed by atoms with Crippen molar-refractivity contribution in [2.45, 2.75) is 44.6 Å². The van der Waals surface area contributed by atoms with Crippen molar-refractivity contribution in [1.82, 2.24) is 0 Å². The summed E-state index contributed by atoms with van der Waals surface area (Å²) in [5.74, 6) is 2.04. The maximum absolute atomic E-state index is 10.1. The van der Waals surface area contributed by atoms with Gasteiger partial charge in [0, 0.05) is 34.6 Å². The van der Waals surface area contributed by atoms with Gasteiger partial charge >= 0.3 is 0 Å². The first-order valence-corrected chi connectivity index (χ1v) is 8.35. The topological polar surface area (TPSA) is 58.9 Å². The molecule has 2 unspecified atom stereocenters. The number of hydrogen-bond acceptors (Lipinski definition) is 4. The average molecular weight is 326 g/mol. The first kappa shape index (κ1) is 15.2. The van der Waals surface area contributed by atoms with E-state index < -0.39 is 0 Å². The van der Waals surface area contributed by atoms with Gasteiger partial charge in [-0.05, 0) is 31.0 Å². The quantitative estimate of drug-likeness (QED) is 0.835. The third-order valence-corrected chi connectivity index (χ3v) is 5.54. The molecule has 0 fully saturated rings. The van der Waals surface area contributed by atoms with Crippen molar-refractivity contribution in [2.24, 2.45) is 0 Å². The molecule has 2 aliphatic rings. The summed E-state index contributed by atoms with van der Waals surface area (Å²) < 4.78 is 11.9. The van der Waals surface area contributed by atoms with Crippen LogP contribution in [-0.2, 0) is 11.8 Å². The van der Waals surface area contributed by atoms with Gasteiger partial charge in [0.1, 0.15) is 29.1 Å². The zero-order chi connectivity index (χ0) is 17.1. The number of phenols is 2. The molecule has 4 heteroatoms. The van der Waals surface area contributed by atoms with Crippen LogP contribution < -0.4 is 9.47 Å². The van der Waals surface area contributed by atoms with Gasteiger partial charge in [0.05, 0.1) is 6.61 Å². The van der Waals surface area contributed by atoms with E-state index in [2.05, 4.69) is 26.8 Å². The minimum absolute atomic E-state index is 0.0298. The van der Waals surface area contributed by atoms with Gasteiger partial charge in [0.2, 0.25) is 0 Å². The van der Waals surface area contributed by atoms with E-state index in [1.165, 1.54) is 11.6 Å². The van der Waals surface area contributed by atoms with Crippen molar-refractivity contribution in [3.63, 3.8) is 0 Å². The molecule has 4 nitrogen and oxygen atoms in total. The summed E-state index contributed by atoms with van der Waals surface area (Å²) in [5, 5.41) is 19.6. The molecule has 0 amide bonds. The van der Waals surface area contributed by atoms with Crippen LogP contribution in [0.1, 0.15) is 43.4 Å². The van der Waals surface area contributed by atoms with E-state index in [0.717, 1.165) is 29.0 Å². The normalized spacial score (nSPS) is 23.8. The third kappa shape index (κ3) is 2.20. The van der Waals surface area contributed by atoms with Crippen LogP contribution >= 0.6 is 0 Å². The van der Waals surface area contributed by atoms with Crippen molar-refractivity contribution in [3.05, 3.63) is 47.0 Å². The fourth-order valence-electron chi connectivity index (χ4n) is 3.65. The first-order valence-electron chi connectivity index (χ1n) is 8.35. The fraction of sp³-hybridized carbons (Fsp3) is 0.400. The van der Waals surface area contributed by atoms with Crippen molar-refractivity contribution < 1.29 is 19.7 Å². The molecule has 4 rings (SSSR count). The van der Waals surface area contributed by atoms with Gasteiger partial charge < -0.3 is 19.7 Å². The van der Waals surface area contributed by atoms with E-state index in [9.17, 15) is 10.2 Å². The van der Waals surface area contributed by atoms with Crippen LogP contribution in [0.4, 0.5) is 0 Å². The first-order chi connectivity index (χ1) is 11.4. The van der Waals surface area contributed by atoms with E-state index in [0.29, 0.717) is 6.61 Å². The Morgan fingerprint density at radius 2 is 1.88 bits per heavy atom. The minimum atomic E-state index is -0.0298. The number of ether oxygens (including phenoxy) is 2. The zero-order valence-corrected chi connectivity index (χ0v) is 14.2. The largest absolute Gasteiger partial charge is 0.508 e. The van der Waals surface area contributed by atoms with Gasteiger partial charge in [-0.3, -0.25) is 0 Å². The van der Waals surface area contributed by atoms with Crippen LogP contribution in [0.5, 0.6) is 23.0 Å². The number of hydrogen-bond donors (Lipinski definition) is 2. The van der Waals surface area contributed by atoms with Gasteiger partial charge in [0.25, 0.3) is 0 Å². The average Bonchev–Trinajstić information content (AvgIpc) is 2.74. The molecule has 2 aromatic rings. The Labute approximate surface area is 141 Å². The maximum Gasteiger partial charge on any atom is 0.127 e. The summed E-state index contributed by atoms with van der Waals surface area (Å²) in [6.07, 6.45) is 0.930. The highest BCUT2D eigenvalue weighted by Crippen LogP contribution is 2.47. The van der Waals surface area contributed by atoms with Gasteiger partial charge in [-0.25, -0.2) is 0 Å². The summed E-state index contributed by atoms with van der Waals surface area (Å²) in [7, 11) is 0. The highest BCUT2D eigenvalue weighted by molar-refractivity contribution is 5.54. The number of phenolic OH excluding ortho intramolecular Hbond substituents is 2. The Bertz CT molecular complexity index is 810. The number of rotatable bonds is 1. The van der Waals surface area contributed by atoms with Crippen LogP contribution in [0, 0.1) is 0 Å². The van der Waals surface area contributed by atoms with Crippen LogP contribution in [0.25, 0.3) is 0 Å². The van der Waals surface area contributed by atoms with Gasteiger partial charge in [0.15, 0.2) is 0 Å². The van der Waals surface area contributed by atoms with Crippen LogP contribution in [-0.4, -0.2) is 22.9 Å². The molecule has 24 heavy (non-hydrogen) atoms. The van der Waals surface area contributed by atoms with Gasteiger partial charge in [-0.1, -0.05) is 19.9 Å². The molecule has 2 N–H and O–H groups in total. The molecule has 0 saturated heterocycles. The molecule has 0 aliphatic carbocycles. The van der Waals surface area contributed by atoms with Gasteiger partial charge in [-0.15, -0.1) is 0 Å². The number of aromatic hydroxyl groups is 2. The van der Waals surface area contributed by atoms with Crippen molar-refractivity contribution >= 4 is 0 Å². The van der Waals surface area contributed by atoms with Crippen molar-refractivity contribution in [1.29, 1.82) is 0 Å². The molecule has 2 aromatic carbocycles. The Morgan fingerprint density at radius 3 is 2.62 bits per heavy atom. The second-order valence-corrected chi connectivity index (χ2v) is 7.39. The second-order valence-electron chi connectivity index (χ2n) is 7.39. The number of fused-ring (bicyclic) bond motifs is 2. The second kappa shape index (κ2) is 5.07. The summed E-state index contributed by atoms with van der Waals surface area (Å²) >= 11 is 0. The molecule has 126 valence electrons. The molecule has 0 aromatic heterocycles. The number of benzene rings is 2. The summed E-state index contributed by atoms with van der Waals surface area (Å²) in [6, 6.07) is 8.95. The van der Waals surface area contributed by atoms with Crippen molar-refractivity contribution in [2.75, 3.05) is 6.61 Å². The van der Waals surface area contributed by atoms with Crippen molar-refractivity contribution in [3.8, 4) is 23.0 Å². The Balaban J connectivity index is 1.70. The molecule has 0 bridgehead atoms. The molecular formula is C20H22O4. The molecule has 0 saturated carbocycles. The van der Waals surface area contributed by atoms with Crippen LogP contribution in [0.15, 0.2) is 30.3 Å². The highest BCUT2D eigenvalue weighted by atomic mass is 16.5. The smallest absolute Gasteiger partial charge is 0.127 e. The monoisotopic (exact) mass is 326 g/mol. The lowest BCUT2D eigenvalue weighted by molar-refractivity contribution is 0.185.